The summed E-state index contributed by atoms with van der Waals surface area (Å²) in [4.78, 5) is 24.2. The summed E-state index contributed by atoms with van der Waals surface area (Å²) in [6, 6.07) is 10.6. The number of hydrogen-bond acceptors (Lipinski definition) is 4. The highest BCUT2D eigenvalue weighted by Gasteiger charge is 2.21. The molecule has 1 atom stereocenters. The van der Waals surface area contributed by atoms with Crippen molar-refractivity contribution >= 4 is 35.1 Å². The van der Waals surface area contributed by atoms with Gasteiger partial charge in [0.25, 0.3) is 5.91 Å². The van der Waals surface area contributed by atoms with E-state index in [1.807, 2.05) is 6.07 Å². The Morgan fingerprint density at radius 2 is 1.86 bits per heavy atom. The predicted molar refractivity (Wildman–Crippen MR) is 105 cm³/mol. The Morgan fingerprint density at radius 1 is 1.11 bits per heavy atom. The lowest BCUT2D eigenvalue weighted by molar-refractivity contribution is -0.139. The third-order valence-electron chi connectivity index (χ3n) is 3.97. The Kier molecular flexibility index (Phi) is 6.28. The van der Waals surface area contributed by atoms with Crippen LogP contribution in [0.5, 0.6) is 0 Å². The van der Waals surface area contributed by atoms with Crippen molar-refractivity contribution in [3.63, 3.8) is 0 Å². The van der Waals surface area contributed by atoms with Gasteiger partial charge in [0.05, 0.1) is 12.7 Å². The van der Waals surface area contributed by atoms with Crippen LogP contribution in [0.15, 0.2) is 54.9 Å². The summed E-state index contributed by atoms with van der Waals surface area (Å²) in [5, 5.41) is 20.5. The molecule has 2 N–H and O–H groups in total. The minimum Gasteiger partial charge on any atom is -0.480 e. The van der Waals surface area contributed by atoms with Crippen molar-refractivity contribution in [2.24, 2.45) is 0 Å². The predicted octanol–water partition coefficient (Wildman–Crippen LogP) is 3.06. The van der Waals surface area contributed by atoms with Gasteiger partial charge in [-0.1, -0.05) is 40.5 Å². The van der Waals surface area contributed by atoms with Gasteiger partial charge >= 0.3 is 5.97 Å². The molecule has 0 bridgehead atoms. The van der Waals surface area contributed by atoms with Crippen molar-refractivity contribution in [2.45, 2.75) is 19.0 Å². The standard InChI is InChI=1S/C19H16Cl2N4O3/c20-15-7-13(8-16(21)10-15)9-17(19(27)28)23-18(26)14-3-1-2-12(6-14)11-25-5-4-22-24-25/h1-8,10,17H,9,11H2,(H,23,26)(H,27,28). The smallest absolute Gasteiger partial charge is 0.326 e. The number of hydrogen-bond donors (Lipinski definition) is 2. The molecular weight excluding hydrogens is 403 g/mol. The van der Waals surface area contributed by atoms with Crippen LogP contribution in [0.25, 0.3) is 0 Å². The lowest BCUT2D eigenvalue weighted by atomic mass is 10.0. The molecule has 3 aromatic rings. The zero-order chi connectivity index (χ0) is 20.1. The molecule has 1 aromatic heterocycles. The SMILES string of the molecule is O=C(NC(Cc1cc(Cl)cc(Cl)c1)C(=O)O)c1cccc(Cn2ccnn2)c1. The molecule has 3 rings (SSSR count). The van der Waals surface area contributed by atoms with Crippen LogP contribution in [-0.4, -0.2) is 38.0 Å². The van der Waals surface area contributed by atoms with Crippen LogP contribution in [0.1, 0.15) is 21.5 Å². The number of aromatic nitrogens is 3. The first-order chi connectivity index (χ1) is 13.4. The van der Waals surface area contributed by atoms with E-state index in [1.165, 1.54) is 0 Å². The van der Waals surface area contributed by atoms with Gasteiger partial charge in [-0.05, 0) is 41.5 Å². The molecule has 9 heteroatoms. The van der Waals surface area contributed by atoms with E-state index in [9.17, 15) is 14.7 Å². The largest absolute Gasteiger partial charge is 0.480 e. The second kappa shape index (κ2) is 8.86. The first-order valence-corrected chi connectivity index (χ1v) is 9.08. The minimum atomic E-state index is -1.15. The first-order valence-electron chi connectivity index (χ1n) is 8.32. The summed E-state index contributed by atoms with van der Waals surface area (Å²) < 4.78 is 1.62. The van der Waals surface area contributed by atoms with E-state index in [4.69, 9.17) is 23.2 Å². The molecule has 28 heavy (non-hydrogen) atoms. The molecule has 0 aliphatic heterocycles. The van der Waals surface area contributed by atoms with E-state index in [0.717, 1.165) is 5.56 Å². The second-order valence-electron chi connectivity index (χ2n) is 6.15. The van der Waals surface area contributed by atoms with E-state index in [1.54, 1.807) is 53.5 Å². The van der Waals surface area contributed by atoms with Crippen LogP contribution >= 0.6 is 23.2 Å². The maximum Gasteiger partial charge on any atom is 0.326 e. The van der Waals surface area contributed by atoms with Crippen LogP contribution < -0.4 is 5.32 Å². The molecule has 0 aliphatic carbocycles. The molecule has 0 aliphatic rings. The van der Waals surface area contributed by atoms with Crippen LogP contribution in [0.4, 0.5) is 0 Å². The Bertz CT molecular complexity index is 972. The number of nitrogens with zero attached hydrogens (tertiary/aromatic N) is 3. The lowest BCUT2D eigenvalue weighted by Crippen LogP contribution is -2.42. The summed E-state index contributed by atoms with van der Waals surface area (Å²) in [5.41, 5.74) is 1.81. The minimum absolute atomic E-state index is 0.0556. The van der Waals surface area contributed by atoms with Crippen molar-refractivity contribution in [3.8, 4) is 0 Å². The lowest BCUT2D eigenvalue weighted by Gasteiger charge is -2.15. The van der Waals surface area contributed by atoms with Gasteiger partial charge in [-0.2, -0.15) is 0 Å². The molecule has 144 valence electrons. The Hall–Kier alpha value is -2.90. The molecular formula is C19H16Cl2N4O3. The summed E-state index contributed by atoms with van der Waals surface area (Å²) in [6.45, 7) is 0.449. The number of carbonyl (C=O) groups excluding carboxylic acids is 1. The Labute approximate surface area is 170 Å². The van der Waals surface area contributed by atoms with Crippen molar-refractivity contribution in [2.75, 3.05) is 0 Å². The van der Waals surface area contributed by atoms with E-state index in [0.29, 0.717) is 27.7 Å². The number of halogens is 2. The molecule has 0 saturated carbocycles. The van der Waals surface area contributed by atoms with Crippen molar-refractivity contribution in [1.29, 1.82) is 0 Å². The van der Waals surface area contributed by atoms with Crippen molar-refractivity contribution in [1.82, 2.24) is 20.3 Å². The maximum absolute atomic E-state index is 12.6. The van der Waals surface area contributed by atoms with E-state index < -0.39 is 17.9 Å². The average Bonchev–Trinajstić information content (AvgIpc) is 3.13. The van der Waals surface area contributed by atoms with Gasteiger partial charge in [0.2, 0.25) is 0 Å². The molecule has 2 aromatic carbocycles. The monoisotopic (exact) mass is 418 g/mol. The number of benzene rings is 2. The third kappa shape index (κ3) is 5.31. The average molecular weight is 419 g/mol. The van der Waals surface area contributed by atoms with Crippen LogP contribution in [0.2, 0.25) is 10.0 Å². The van der Waals surface area contributed by atoms with Gasteiger partial charge in [0, 0.05) is 28.2 Å². The Morgan fingerprint density at radius 3 is 2.50 bits per heavy atom. The molecule has 0 saturated heterocycles. The number of carboxylic acids is 1. The zero-order valence-corrected chi connectivity index (χ0v) is 16.1. The fraction of sp³-hybridized carbons (Fsp3) is 0.158. The number of carboxylic acid groups (broad SMARTS) is 1. The maximum atomic E-state index is 12.6. The highest BCUT2D eigenvalue weighted by atomic mass is 35.5. The quantitative estimate of drug-likeness (QED) is 0.614. The van der Waals surface area contributed by atoms with Gasteiger partial charge in [-0.25, -0.2) is 9.48 Å². The molecule has 0 fully saturated rings. The van der Waals surface area contributed by atoms with E-state index in [2.05, 4.69) is 15.6 Å². The first kappa shape index (κ1) is 19.9. The molecule has 1 heterocycles. The second-order valence-corrected chi connectivity index (χ2v) is 7.02. The number of rotatable bonds is 7. The van der Waals surface area contributed by atoms with Gasteiger partial charge in [0.15, 0.2) is 0 Å². The summed E-state index contributed by atoms with van der Waals surface area (Å²) in [6.07, 6.45) is 3.33. The Balaban J connectivity index is 1.72. The molecule has 1 amide bonds. The molecule has 0 radical (unpaired) electrons. The zero-order valence-electron chi connectivity index (χ0n) is 14.5. The normalized spacial score (nSPS) is 11.8. The number of nitrogens with one attached hydrogen (secondary N) is 1. The molecule has 1 unspecified atom stereocenters. The summed E-state index contributed by atoms with van der Waals surface area (Å²) >= 11 is 11.9. The highest BCUT2D eigenvalue weighted by Crippen LogP contribution is 2.20. The van der Waals surface area contributed by atoms with Crippen molar-refractivity contribution in [3.05, 3.63) is 81.6 Å². The highest BCUT2D eigenvalue weighted by molar-refractivity contribution is 6.34. The fourth-order valence-electron chi connectivity index (χ4n) is 2.72. The number of carbonyl (C=O) groups is 2. The summed E-state index contributed by atoms with van der Waals surface area (Å²) in [5.74, 6) is -1.64. The molecule has 0 spiro atoms. The van der Waals surface area contributed by atoms with E-state index in [-0.39, 0.29) is 6.42 Å². The number of amides is 1. The van der Waals surface area contributed by atoms with Crippen LogP contribution in [0.3, 0.4) is 0 Å². The van der Waals surface area contributed by atoms with Gasteiger partial charge in [-0.15, -0.1) is 5.10 Å². The fourth-order valence-corrected chi connectivity index (χ4v) is 3.29. The van der Waals surface area contributed by atoms with Gasteiger partial charge < -0.3 is 10.4 Å². The van der Waals surface area contributed by atoms with Crippen molar-refractivity contribution < 1.29 is 14.7 Å². The number of aliphatic carboxylic acids is 1. The van der Waals surface area contributed by atoms with Gasteiger partial charge in [0.1, 0.15) is 6.04 Å². The van der Waals surface area contributed by atoms with Crippen LogP contribution in [-0.2, 0) is 17.8 Å². The third-order valence-corrected chi connectivity index (χ3v) is 4.41. The molecule has 7 nitrogen and oxygen atoms in total. The van der Waals surface area contributed by atoms with Gasteiger partial charge in [-0.3, -0.25) is 4.79 Å². The van der Waals surface area contributed by atoms with Crippen LogP contribution in [0, 0.1) is 0 Å². The topological polar surface area (TPSA) is 97.1 Å². The van der Waals surface area contributed by atoms with E-state index >= 15 is 0 Å². The summed E-state index contributed by atoms with van der Waals surface area (Å²) in [7, 11) is 0.